The molecule has 0 aromatic heterocycles. The predicted molar refractivity (Wildman–Crippen MR) is 75.8 cm³/mol. The summed E-state index contributed by atoms with van der Waals surface area (Å²) in [5.74, 6) is 0.00861. The lowest BCUT2D eigenvalue weighted by Crippen LogP contribution is -2.52. The minimum Gasteiger partial charge on any atom is -0.347 e. The van der Waals surface area contributed by atoms with Gasteiger partial charge in [0, 0.05) is 19.6 Å². The Morgan fingerprint density at radius 1 is 1.05 bits per heavy atom. The molecule has 1 fully saturated rings. The number of carbonyl (C=O) groups is 2. The molecule has 0 saturated carbocycles. The predicted octanol–water partition coefficient (Wildman–Crippen LogP) is 0.798. The summed E-state index contributed by atoms with van der Waals surface area (Å²) in [4.78, 5) is 29.7. The number of hydrogen-bond acceptors (Lipinski definition) is 3. The summed E-state index contributed by atoms with van der Waals surface area (Å²) in [6.07, 6.45) is 2.33. The highest BCUT2D eigenvalue weighted by Crippen LogP contribution is 2.15. The third kappa shape index (κ3) is 4.82. The topological polar surface area (TPSA) is 43.9 Å². The number of carbonyl (C=O) groups excluding carboxylic acids is 2. The van der Waals surface area contributed by atoms with Gasteiger partial charge in [0.2, 0.25) is 11.8 Å². The van der Waals surface area contributed by atoms with Crippen LogP contribution in [-0.4, -0.2) is 72.3 Å². The third-order valence-electron chi connectivity index (χ3n) is 3.46. The molecule has 1 heterocycles. The van der Waals surface area contributed by atoms with E-state index in [1.54, 1.807) is 19.0 Å². The van der Waals surface area contributed by atoms with E-state index in [1.807, 2.05) is 20.8 Å². The molecule has 0 spiro atoms. The molecule has 1 aliphatic rings. The molecule has 110 valence electrons. The molecule has 5 heteroatoms. The summed E-state index contributed by atoms with van der Waals surface area (Å²) in [7, 11) is 3.43. The molecular weight excluding hydrogens is 242 g/mol. The van der Waals surface area contributed by atoms with Crippen molar-refractivity contribution in [2.75, 3.05) is 40.3 Å². The van der Waals surface area contributed by atoms with E-state index in [0.29, 0.717) is 6.54 Å². The molecule has 0 bridgehead atoms. The molecule has 2 amide bonds. The monoisotopic (exact) mass is 269 g/mol. The van der Waals surface area contributed by atoms with Crippen LogP contribution in [0.3, 0.4) is 0 Å². The zero-order valence-corrected chi connectivity index (χ0v) is 12.9. The van der Waals surface area contributed by atoms with Gasteiger partial charge < -0.3 is 9.80 Å². The molecule has 5 nitrogen and oxygen atoms in total. The summed E-state index contributed by atoms with van der Waals surface area (Å²) in [6, 6.07) is 0. The van der Waals surface area contributed by atoms with Gasteiger partial charge in [0.05, 0.1) is 6.54 Å². The van der Waals surface area contributed by atoms with Crippen molar-refractivity contribution in [3.63, 3.8) is 0 Å². The Kier molecular flexibility index (Phi) is 5.35. The van der Waals surface area contributed by atoms with Crippen LogP contribution in [0.25, 0.3) is 0 Å². The molecule has 0 aliphatic carbocycles. The first kappa shape index (κ1) is 16.0. The fourth-order valence-corrected chi connectivity index (χ4v) is 2.19. The van der Waals surface area contributed by atoms with E-state index in [4.69, 9.17) is 0 Å². The maximum atomic E-state index is 12.4. The molecule has 0 unspecified atom stereocenters. The Labute approximate surface area is 116 Å². The van der Waals surface area contributed by atoms with Gasteiger partial charge in [-0.25, -0.2) is 0 Å². The maximum absolute atomic E-state index is 12.4. The number of amides is 2. The van der Waals surface area contributed by atoms with Crippen LogP contribution in [0.2, 0.25) is 0 Å². The number of hydrogen-bond donors (Lipinski definition) is 0. The Morgan fingerprint density at radius 3 is 2.00 bits per heavy atom. The van der Waals surface area contributed by atoms with Crippen molar-refractivity contribution in [2.45, 2.75) is 39.2 Å². The first-order valence-electron chi connectivity index (χ1n) is 6.95. The average Bonchev–Trinajstić information content (AvgIpc) is 2.76. The van der Waals surface area contributed by atoms with Crippen molar-refractivity contribution in [3.05, 3.63) is 0 Å². The van der Waals surface area contributed by atoms with Crippen LogP contribution < -0.4 is 0 Å². The van der Waals surface area contributed by atoms with Gasteiger partial charge in [-0.05, 0) is 46.7 Å². The first-order valence-corrected chi connectivity index (χ1v) is 6.95. The van der Waals surface area contributed by atoms with Crippen LogP contribution in [0.15, 0.2) is 0 Å². The van der Waals surface area contributed by atoms with Crippen molar-refractivity contribution in [3.8, 4) is 0 Å². The molecular formula is C14H27N3O2. The highest BCUT2D eigenvalue weighted by atomic mass is 16.2. The summed E-state index contributed by atoms with van der Waals surface area (Å²) in [6.45, 7) is 8.48. The highest BCUT2D eigenvalue weighted by Gasteiger charge is 2.30. The van der Waals surface area contributed by atoms with E-state index >= 15 is 0 Å². The lowest BCUT2D eigenvalue weighted by Gasteiger charge is -2.36. The van der Waals surface area contributed by atoms with Gasteiger partial charge in [0.25, 0.3) is 0 Å². The quantitative estimate of drug-likeness (QED) is 0.758. The first-order chi connectivity index (χ1) is 8.71. The standard InChI is InChI=1S/C14H27N3O2/c1-14(2,3)17(11-12(18)15(4)5)13(19)10-16-8-6-7-9-16/h6-11H2,1-5H3. The van der Waals surface area contributed by atoms with Crippen LogP contribution >= 0.6 is 0 Å². The Balaban J connectivity index is 2.67. The van der Waals surface area contributed by atoms with Crippen molar-refractivity contribution in [1.82, 2.24) is 14.7 Å². The van der Waals surface area contributed by atoms with Crippen molar-refractivity contribution in [2.24, 2.45) is 0 Å². The minimum absolute atomic E-state index is 0.0373. The average molecular weight is 269 g/mol. The normalized spacial score (nSPS) is 16.5. The second-order valence-corrected chi connectivity index (χ2v) is 6.42. The van der Waals surface area contributed by atoms with Crippen molar-refractivity contribution in [1.29, 1.82) is 0 Å². The zero-order valence-electron chi connectivity index (χ0n) is 12.9. The van der Waals surface area contributed by atoms with Gasteiger partial charge in [0.15, 0.2) is 0 Å². The van der Waals surface area contributed by atoms with Crippen molar-refractivity contribution < 1.29 is 9.59 Å². The summed E-state index contributed by atoms with van der Waals surface area (Å²) in [5, 5.41) is 0. The second kappa shape index (κ2) is 6.37. The smallest absolute Gasteiger partial charge is 0.241 e. The number of likely N-dealkylation sites (tertiary alicyclic amines) is 1. The molecule has 1 aliphatic heterocycles. The lowest BCUT2D eigenvalue weighted by molar-refractivity contribution is -0.144. The minimum atomic E-state index is -0.331. The van der Waals surface area contributed by atoms with Gasteiger partial charge in [-0.15, -0.1) is 0 Å². The number of rotatable bonds is 4. The molecule has 0 aromatic rings. The highest BCUT2D eigenvalue weighted by molar-refractivity contribution is 5.86. The summed E-state index contributed by atoms with van der Waals surface area (Å²) < 4.78 is 0. The van der Waals surface area contributed by atoms with Crippen LogP contribution in [0.5, 0.6) is 0 Å². The Morgan fingerprint density at radius 2 is 1.58 bits per heavy atom. The largest absolute Gasteiger partial charge is 0.347 e. The molecule has 0 aromatic carbocycles. The van der Waals surface area contributed by atoms with E-state index in [9.17, 15) is 9.59 Å². The van der Waals surface area contributed by atoms with E-state index in [1.165, 1.54) is 17.7 Å². The van der Waals surface area contributed by atoms with E-state index in [-0.39, 0.29) is 23.9 Å². The SMILES string of the molecule is CN(C)C(=O)CN(C(=O)CN1CCCC1)C(C)(C)C. The van der Waals surface area contributed by atoms with Crippen LogP contribution in [0.4, 0.5) is 0 Å². The van der Waals surface area contributed by atoms with E-state index in [2.05, 4.69) is 4.90 Å². The molecule has 0 radical (unpaired) electrons. The number of nitrogens with zero attached hydrogens (tertiary/aromatic N) is 3. The van der Waals surface area contributed by atoms with Crippen LogP contribution in [0, 0.1) is 0 Å². The molecule has 0 atom stereocenters. The number of likely N-dealkylation sites (N-methyl/N-ethyl adjacent to an activating group) is 1. The van der Waals surface area contributed by atoms with E-state index < -0.39 is 0 Å². The molecule has 19 heavy (non-hydrogen) atoms. The second-order valence-electron chi connectivity index (χ2n) is 6.42. The van der Waals surface area contributed by atoms with Gasteiger partial charge in [-0.1, -0.05) is 0 Å². The maximum Gasteiger partial charge on any atom is 0.241 e. The third-order valence-corrected chi connectivity index (χ3v) is 3.46. The Bertz CT molecular complexity index is 328. The van der Waals surface area contributed by atoms with E-state index in [0.717, 1.165) is 13.1 Å². The van der Waals surface area contributed by atoms with Crippen molar-refractivity contribution >= 4 is 11.8 Å². The fourth-order valence-electron chi connectivity index (χ4n) is 2.19. The Hall–Kier alpha value is -1.10. The van der Waals surface area contributed by atoms with Gasteiger partial charge in [0.1, 0.15) is 6.54 Å². The molecule has 1 rings (SSSR count). The fraction of sp³-hybridized carbons (Fsp3) is 0.857. The van der Waals surface area contributed by atoms with Crippen LogP contribution in [0.1, 0.15) is 33.6 Å². The zero-order chi connectivity index (χ0) is 14.6. The van der Waals surface area contributed by atoms with Gasteiger partial charge in [-0.2, -0.15) is 0 Å². The molecule has 1 saturated heterocycles. The lowest BCUT2D eigenvalue weighted by atomic mass is 10.1. The summed E-state index contributed by atoms with van der Waals surface area (Å²) >= 11 is 0. The summed E-state index contributed by atoms with van der Waals surface area (Å²) in [5.41, 5.74) is -0.331. The van der Waals surface area contributed by atoms with Gasteiger partial charge >= 0.3 is 0 Å². The van der Waals surface area contributed by atoms with Gasteiger partial charge in [-0.3, -0.25) is 14.5 Å². The molecule has 0 N–H and O–H groups in total. The van der Waals surface area contributed by atoms with Crippen LogP contribution in [-0.2, 0) is 9.59 Å².